The van der Waals surface area contributed by atoms with Crippen LogP contribution in [0, 0.1) is 0 Å². The highest BCUT2D eigenvalue weighted by molar-refractivity contribution is 5.66. The lowest BCUT2D eigenvalue weighted by molar-refractivity contribution is 0.0328. The van der Waals surface area contributed by atoms with Gasteiger partial charge in [-0.2, -0.15) is 5.10 Å². The van der Waals surface area contributed by atoms with E-state index < -0.39 is 0 Å². The fourth-order valence-electron chi connectivity index (χ4n) is 3.64. The molecule has 1 saturated heterocycles. The van der Waals surface area contributed by atoms with Crippen LogP contribution in [-0.4, -0.2) is 42.3 Å². The number of rotatable bonds is 5. The Morgan fingerprint density at radius 1 is 1.08 bits per heavy atom. The lowest BCUT2D eigenvalue weighted by Crippen LogP contribution is -2.31. The number of ether oxygens (including phenoxy) is 3. The maximum atomic E-state index is 6.20. The van der Waals surface area contributed by atoms with Gasteiger partial charge in [0.2, 0.25) is 0 Å². The van der Waals surface area contributed by atoms with Crippen molar-refractivity contribution >= 4 is 0 Å². The van der Waals surface area contributed by atoms with Crippen LogP contribution < -0.4 is 4.74 Å². The third-order valence-corrected chi connectivity index (χ3v) is 5.03. The van der Waals surface area contributed by atoms with Gasteiger partial charge >= 0.3 is 0 Å². The molecule has 24 heavy (non-hydrogen) atoms. The van der Waals surface area contributed by atoms with Crippen LogP contribution in [0.4, 0.5) is 0 Å². The van der Waals surface area contributed by atoms with Crippen molar-refractivity contribution in [3.63, 3.8) is 0 Å². The molecule has 2 heterocycles. The first-order chi connectivity index (χ1) is 11.8. The molecule has 128 valence electrons. The summed E-state index contributed by atoms with van der Waals surface area (Å²) in [6.45, 7) is 1.14. The molecule has 0 bridgehead atoms. The third-order valence-electron chi connectivity index (χ3n) is 5.03. The van der Waals surface area contributed by atoms with E-state index in [1.165, 1.54) is 25.7 Å². The molecule has 1 aliphatic carbocycles. The minimum absolute atomic E-state index is 0.0193. The predicted octanol–water partition coefficient (Wildman–Crippen LogP) is 3.46. The van der Waals surface area contributed by atoms with Gasteiger partial charge in [-0.1, -0.05) is 25.0 Å². The minimum atomic E-state index is -0.0759. The monoisotopic (exact) mass is 328 g/mol. The van der Waals surface area contributed by atoms with Crippen molar-refractivity contribution in [2.24, 2.45) is 0 Å². The molecular weight excluding hydrogens is 304 g/mol. The largest absolute Gasteiger partial charge is 0.484 e. The van der Waals surface area contributed by atoms with Crippen LogP contribution in [0.15, 0.2) is 36.5 Å². The van der Waals surface area contributed by atoms with Crippen LogP contribution in [0.2, 0.25) is 0 Å². The Labute approximate surface area is 142 Å². The Hall–Kier alpha value is -1.85. The van der Waals surface area contributed by atoms with Gasteiger partial charge in [-0.25, -0.2) is 0 Å². The van der Waals surface area contributed by atoms with E-state index in [1.54, 1.807) is 7.11 Å². The van der Waals surface area contributed by atoms with Crippen LogP contribution in [-0.2, 0) is 9.47 Å². The van der Waals surface area contributed by atoms with E-state index in [9.17, 15) is 0 Å². The Balaban J connectivity index is 1.57. The summed E-state index contributed by atoms with van der Waals surface area (Å²) in [4.78, 5) is 0. The molecule has 1 aliphatic heterocycles. The highest BCUT2D eigenvalue weighted by Gasteiger charge is 2.30. The van der Waals surface area contributed by atoms with Gasteiger partial charge in [0.05, 0.1) is 24.9 Å². The number of hydrogen-bond donors (Lipinski definition) is 0. The average molecular weight is 328 g/mol. The Bertz CT molecular complexity index is 679. The lowest BCUT2D eigenvalue weighted by Gasteiger charge is -2.19. The molecule has 0 radical (unpaired) electrons. The SMILES string of the molecule is COC1COC[C@H]1Oc1ccccc1-c1ccn(C2CCCC2)n1. The average Bonchev–Trinajstić information content (AvgIpc) is 3.36. The summed E-state index contributed by atoms with van der Waals surface area (Å²) in [6, 6.07) is 10.7. The zero-order chi connectivity index (χ0) is 16.4. The number of aromatic nitrogens is 2. The maximum absolute atomic E-state index is 6.20. The molecule has 4 rings (SSSR count). The number of methoxy groups -OCH3 is 1. The van der Waals surface area contributed by atoms with Gasteiger partial charge in [0.25, 0.3) is 0 Å². The van der Waals surface area contributed by atoms with E-state index in [1.807, 2.05) is 18.2 Å². The van der Waals surface area contributed by atoms with Crippen LogP contribution >= 0.6 is 0 Å². The van der Waals surface area contributed by atoms with E-state index in [0.717, 1.165) is 17.0 Å². The van der Waals surface area contributed by atoms with Crippen molar-refractivity contribution in [2.45, 2.75) is 43.9 Å². The van der Waals surface area contributed by atoms with Crippen LogP contribution in [0.1, 0.15) is 31.7 Å². The first kappa shape index (κ1) is 15.7. The first-order valence-corrected chi connectivity index (χ1v) is 8.77. The summed E-state index contributed by atoms with van der Waals surface area (Å²) >= 11 is 0. The second-order valence-electron chi connectivity index (χ2n) is 6.58. The molecule has 1 aromatic heterocycles. The van der Waals surface area contributed by atoms with Gasteiger partial charge in [0.15, 0.2) is 6.10 Å². The van der Waals surface area contributed by atoms with Gasteiger partial charge < -0.3 is 14.2 Å². The van der Waals surface area contributed by atoms with E-state index in [2.05, 4.69) is 23.0 Å². The molecule has 0 N–H and O–H groups in total. The molecule has 2 atom stereocenters. The minimum Gasteiger partial charge on any atom is -0.484 e. The number of benzene rings is 1. The second-order valence-corrected chi connectivity index (χ2v) is 6.58. The standard InChI is InChI=1S/C19H24N2O3/c1-22-18-12-23-13-19(18)24-17-9-5-4-8-15(17)16-10-11-21(20-16)14-6-2-3-7-14/h4-5,8-11,14,18-19H,2-3,6-7,12-13H2,1H3/t18?,19-/m1/s1. The van der Waals surface area contributed by atoms with Crippen LogP contribution in [0.3, 0.4) is 0 Å². The zero-order valence-electron chi connectivity index (χ0n) is 14.1. The quantitative estimate of drug-likeness (QED) is 0.843. The molecule has 2 aromatic rings. The van der Waals surface area contributed by atoms with E-state index in [4.69, 9.17) is 19.3 Å². The van der Waals surface area contributed by atoms with Crippen molar-refractivity contribution < 1.29 is 14.2 Å². The summed E-state index contributed by atoms with van der Waals surface area (Å²) in [7, 11) is 1.70. The molecule has 5 heteroatoms. The van der Waals surface area contributed by atoms with Crippen molar-refractivity contribution in [3.8, 4) is 17.0 Å². The number of hydrogen-bond acceptors (Lipinski definition) is 4. The molecule has 0 amide bonds. The van der Waals surface area contributed by atoms with Gasteiger partial charge in [-0.3, -0.25) is 4.68 Å². The Kier molecular flexibility index (Phi) is 4.54. The Morgan fingerprint density at radius 3 is 2.71 bits per heavy atom. The van der Waals surface area contributed by atoms with Gasteiger partial charge in [0.1, 0.15) is 11.9 Å². The predicted molar refractivity (Wildman–Crippen MR) is 91.2 cm³/mol. The summed E-state index contributed by atoms with van der Waals surface area (Å²) in [6.07, 6.45) is 7.07. The Morgan fingerprint density at radius 2 is 1.88 bits per heavy atom. The summed E-state index contributed by atoms with van der Waals surface area (Å²) in [5.41, 5.74) is 1.99. The normalized spacial score (nSPS) is 24.5. The van der Waals surface area contributed by atoms with Crippen molar-refractivity contribution in [3.05, 3.63) is 36.5 Å². The van der Waals surface area contributed by atoms with Crippen LogP contribution in [0.25, 0.3) is 11.3 Å². The van der Waals surface area contributed by atoms with Crippen LogP contribution in [0.5, 0.6) is 5.75 Å². The van der Waals surface area contributed by atoms with E-state index >= 15 is 0 Å². The summed E-state index contributed by atoms with van der Waals surface area (Å²) in [5.74, 6) is 0.840. The molecule has 0 spiro atoms. The highest BCUT2D eigenvalue weighted by Crippen LogP contribution is 2.33. The van der Waals surface area contributed by atoms with Crippen molar-refractivity contribution in [1.29, 1.82) is 0 Å². The fraction of sp³-hybridized carbons (Fsp3) is 0.526. The molecule has 1 saturated carbocycles. The summed E-state index contributed by atoms with van der Waals surface area (Å²) < 4.78 is 19.2. The lowest BCUT2D eigenvalue weighted by atomic mass is 10.1. The smallest absolute Gasteiger partial charge is 0.150 e. The fourth-order valence-corrected chi connectivity index (χ4v) is 3.64. The molecule has 1 unspecified atom stereocenters. The van der Waals surface area contributed by atoms with Gasteiger partial charge in [0, 0.05) is 18.9 Å². The number of para-hydroxylation sites is 1. The van der Waals surface area contributed by atoms with Crippen molar-refractivity contribution in [1.82, 2.24) is 9.78 Å². The molecule has 2 fully saturated rings. The third kappa shape index (κ3) is 3.06. The van der Waals surface area contributed by atoms with E-state index in [-0.39, 0.29) is 12.2 Å². The maximum Gasteiger partial charge on any atom is 0.150 e. The second kappa shape index (κ2) is 6.95. The van der Waals surface area contributed by atoms with E-state index in [0.29, 0.717) is 19.3 Å². The first-order valence-electron chi connectivity index (χ1n) is 8.77. The topological polar surface area (TPSA) is 45.5 Å². The molecule has 1 aromatic carbocycles. The zero-order valence-corrected chi connectivity index (χ0v) is 14.1. The molecule has 5 nitrogen and oxygen atoms in total. The van der Waals surface area contributed by atoms with Gasteiger partial charge in [-0.05, 0) is 31.0 Å². The number of nitrogens with zero attached hydrogens (tertiary/aromatic N) is 2. The van der Waals surface area contributed by atoms with Crippen molar-refractivity contribution in [2.75, 3.05) is 20.3 Å². The van der Waals surface area contributed by atoms with Gasteiger partial charge in [-0.15, -0.1) is 0 Å². The summed E-state index contributed by atoms with van der Waals surface area (Å²) in [5, 5.41) is 4.81. The molecule has 2 aliphatic rings. The highest BCUT2D eigenvalue weighted by atomic mass is 16.6. The molecular formula is C19H24N2O3.